The molecule has 3 amide bonds. The number of anilines is 4. The first-order valence-corrected chi connectivity index (χ1v) is 18.7. The van der Waals surface area contributed by atoms with Crippen LogP contribution < -0.4 is 25.8 Å². The second-order valence-electron chi connectivity index (χ2n) is 14.4. The molecule has 0 aliphatic carbocycles. The molecule has 52 heavy (non-hydrogen) atoms. The minimum atomic E-state index is -0.402. The molecule has 9 nitrogen and oxygen atoms in total. The maximum absolute atomic E-state index is 12.7. The molecule has 7 rings (SSSR count). The average molecular weight is 719 g/mol. The van der Waals surface area contributed by atoms with Crippen molar-refractivity contribution in [1.82, 2.24) is 10.2 Å². The first-order chi connectivity index (χ1) is 25.1. The van der Waals surface area contributed by atoms with E-state index in [9.17, 15) is 14.4 Å². The Morgan fingerprint density at radius 2 is 1.60 bits per heavy atom. The van der Waals surface area contributed by atoms with E-state index in [2.05, 4.69) is 88.3 Å². The summed E-state index contributed by atoms with van der Waals surface area (Å²) in [6, 6.07) is 31.4. The molecule has 270 valence electrons. The Bertz CT molecular complexity index is 1930. The summed E-state index contributed by atoms with van der Waals surface area (Å²) in [5.41, 5.74) is 8.65. The topological polar surface area (TPSA) is 97.0 Å². The summed E-state index contributed by atoms with van der Waals surface area (Å²) in [7, 11) is 2.18. The SMILES string of the molecule is CC(=O)N1c2ccc(-c3ccc(N4CCC(N(C)Cc5ccccc5NC5CCC(=O)NC5=O)CC4)cc3)cc2C(Nc2ccc(Cl)cc2)CC1C. The van der Waals surface area contributed by atoms with Crippen LogP contribution >= 0.6 is 11.6 Å². The van der Waals surface area contributed by atoms with Gasteiger partial charge in [-0.15, -0.1) is 0 Å². The number of nitrogens with one attached hydrogen (secondary N) is 3. The average Bonchev–Trinajstić information content (AvgIpc) is 3.14. The van der Waals surface area contributed by atoms with Gasteiger partial charge in [0.05, 0.1) is 6.04 Å². The van der Waals surface area contributed by atoms with Gasteiger partial charge in [-0.1, -0.05) is 48.0 Å². The molecule has 4 aromatic rings. The van der Waals surface area contributed by atoms with Crippen molar-refractivity contribution in [3.63, 3.8) is 0 Å². The van der Waals surface area contributed by atoms with Crippen LogP contribution in [0.15, 0.2) is 91.0 Å². The van der Waals surface area contributed by atoms with E-state index in [0.717, 1.165) is 78.2 Å². The maximum atomic E-state index is 12.7. The number of para-hydroxylation sites is 1. The van der Waals surface area contributed by atoms with E-state index in [1.54, 1.807) is 6.92 Å². The second-order valence-corrected chi connectivity index (χ2v) is 14.9. The molecular weight excluding hydrogens is 672 g/mol. The van der Waals surface area contributed by atoms with Crippen LogP contribution in [-0.2, 0) is 20.9 Å². The van der Waals surface area contributed by atoms with Crippen molar-refractivity contribution in [2.75, 3.05) is 40.6 Å². The summed E-state index contributed by atoms with van der Waals surface area (Å²) in [6.07, 6.45) is 3.77. The van der Waals surface area contributed by atoms with Crippen molar-refractivity contribution in [3.8, 4) is 11.1 Å². The number of hydrogen-bond donors (Lipinski definition) is 3. The highest BCUT2D eigenvalue weighted by atomic mass is 35.5. The third-order valence-electron chi connectivity index (χ3n) is 10.9. The fourth-order valence-electron chi connectivity index (χ4n) is 8.05. The maximum Gasteiger partial charge on any atom is 0.249 e. The highest BCUT2D eigenvalue weighted by molar-refractivity contribution is 6.30. The summed E-state index contributed by atoms with van der Waals surface area (Å²) in [6.45, 7) is 6.47. The number of rotatable bonds is 9. The number of carbonyl (C=O) groups is 3. The Kier molecular flexibility index (Phi) is 10.5. The number of amides is 3. The molecule has 10 heteroatoms. The van der Waals surface area contributed by atoms with E-state index >= 15 is 0 Å². The summed E-state index contributed by atoms with van der Waals surface area (Å²) in [5.74, 6) is -0.407. The summed E-state index contributed by atoms with van der Waals surface area (Å²) in [5, 5.41) is 10.2. The van der Waals surface area contributed by atoms with Crippen LogP contribution in [0.1, 0.15) is 63.1 Å². The van der Waals surface area contributed by atoms with E-state index in [0.29, 0.717) is 23.9 Å². The quantitative estimate of drug-likeness (QED) is 0.153. The molecule has 0 radical (unpaired) electrons. The second kappa shape index (κ2) is 15.4. The molecule has 2 saturated heterocycles. The predicted molar refractivity (Wildman–Crippen MR) is 210 cm³/mol. The standard InChI is InChI=1S/C42H47ClN6O3/c1-27-24-39(44-33-13-11-32(43)12-14-33)36-25-30(10-18-40(36)49(27)28(2)50)29-8-15-35(16-9-29)48-22-20-34(21-23-48)47(3)26-31-6-4-5-7-37(31)45-38-17-19-41(51)46-42(38)52/h4-16,18,25,27,34,38-39,44-45H,17,19-24,26H2,1-3H3,(H,46,51,52). The number of halogens is 1. The van der Waals surface area contributed by atoms with E-state index in [1.165, 1.54) is 5.69 Å². The molecular formula is C42H47ClN6O3. The van der Waals surface area contributed by atoms with Gasteiger partial charge in [0.2, 0.25) is 17.7 Å². The summed E-state index contributed by atoms with van der Waals surface area (Å²) in [4.78, 5) is 43.5. The molecule has 2 fully saturated rings. The summed E-state index contributed by atoms with van der Waals surface area (Å²) >= 11 is 6.15. The lowest BCUT2D eigenvalue weighted by Gasteiger charge is -2.40. The van der Waals surface area contributed by atoms with Gasteiger partial charge < -0.3 is 20.4 Å². The lowest BCUT2D eigenvalue weighted by molar-refractivity contribution is -0.133. The van der Waals surface area contributed by atoms with Crippen molar-refractivity contribution in [2.24, 2.45) is 0 Å². The Morgan fingerprint density at radius 3 is 2.31 bits per heavy atom. The molecule has 0 bridgehead atoms. The molecule has 3 atom stereocenters. The molecule has 3 aliphatic heterocycles. The van der Waals surface area contributed by atoms with E-state index in [-0.39, 0.29) is 29.8 Å². The van der Waals surface area contributed by atoms with Gasteiger partial charge in [0.15, 0.2) is 0 Å². The van der Waals surface area contributed by atoms with Gasteiger partial charge in [0.1, 0.15) is 6.04 Å². The van der Waals surface area contributed by atoms with Crippen LogP contribution in [0.25, 0.3) is 11.1 Å². The van der Waals surface area contributed by atoms with E-state index < -0.39 is 6.04 Å². The van der Waals surface area contributed by atoms with Crippen LogP contribution in [0.3, 0.4) is 0 Å². The minimum Gasteiger partial charge on any atom is -0.378 e. The van der Waals surface area contributed by atoms with Crippen LogP contribution in [0.4, 0.5) is 22.7 Å². The Morgan fingerprint density at radius 1 is 0.885 bits per heavy atom. The minimum absolute atomic E-state index is 0.0514. The Balaban J connectivity index is 0.995. The molecule has 4 aromatic carbocycles. The van der Waals surface area contributed by atoms with Gasteiger partial charge in [-0.05, 0) is 117 Å². The molecule has 0 spiro atoms. The lowest BCUT2D eigenvalue weighted by atomic mass is 9.89. The zero-order valence-electron chi connectivity index (χ0n) is 30.1. The van der Waals surface area contributed by atoms with Crippen molar-refractivity contribution in [1.29, 1.82) is 0 Å². The molecule has 3 aliphatic rings. The fraction of sp³-hybridized carbons (Fsp3) is 0.357. The molecule has 0 saturated carbocycles. The third-order valence-corrected chi connectivity index (χ3v) is 11.1. The lowest BCUT2D eigenvalue weighted by Crippen LogP contribution is -2.47. The van der Waals surface area contributed by atoms with Crippen LogP contribution in [0, 0.1) is 0 Å². The van der Waals surface area contributed by atoms with Gasteiger partial charge >= 0.3 is 0 Å². The third kappa shape index (κ3) is 7.81. The first-order valence-electron chi connectivity index (χ1n) is 18.3. The fourth-order valence-corrected chi connectivity index (χ4v) is 8.18. The highest BCUT2D eigenvalue weighted by Crippen LogP contribution is 2.41. The van der Waals surface area contributed by atoms with Crippen molar-refractivity contribution >= 4 is 52.1 Å². The number of benzene rings is 4. The Hall–Kier alpha value is -4.86. The van der Waals surface area contributed by atoms with Crippen molar-refractivity contribution in [3.05, 3.63) is 107 Å². The smallest absolute Gasteiger partial charge is 0.249 e. The number of nitrogens with zero attached hydrogens (tertiary/aromatic N) is 3. The molecule has 3 N–H and O–H groups in total. The number of hydrogen-bond acceptors (Lipinski definition) is 7. The largest absolute Gasteiger partial charge is 0.378 e. The van der Waals surface area contributed by atoms with Crippen LogP contribution in [-0.4, -0.2) is 60.9 Å². The Labute approximate surface area is 311 Å². The summed E-state index contributed by atoms with van der Waals surface area (Å²) < 4.78 is 0. The molecule has 0 aromatic heterocycles. The predicted octanol–water partition coefficient (Wildman–Crippen LogP) is 7.62. The first kappa shape index (κ1) is 35.5. The van der Waals surface area contributed by atoms with Gasteiger partial charge in [-0.3, -0.25) is 24.6 Å². The normalized spacial score (nSPS) is 20.8. The van der Waals surface area contributed by atoms with Crippen molar-refractivity contribution < 1.29 is 14.4 Å². The van der Waals surface area contributed by atoms with Crippen LogP contribution in [0.5, 0.6) is 0 Å². The number of carbonyl (C=O) groups excluding carboxylic acids is 3. The molecule has 3 heterocycles. The van der Waals surface area contributed by atoms with E-state index in [4.69, 9.17) is 11.6 Å². The van der Waals surface area contributed by atoms with Crippen molar-refractivity contribution in [2.45, 2.75) is 76.7 Å². The van der Waals surface area contributed by atoms with Gasteiger partial charge in [0, 0.05) is 72.8 Å². The monoisotopic (exact) mass is 718 g/mol. The van der Waals surface area contributed by atoms with Crippen LogP contribution in [0.2, 0.25) is 5.02 Å². The highest BCUT2D eigenvalue weighted by Gasteiger charge is 2.33. The zero-order valence-corrected chi connectivity index (χ0v) is 30.8. The number of piperidine rings is 2. The molecule has 3 unspecified atom stereocenters. The number of imide groups is 1. The number of fused-ring (bicyclic) bond motifs is 1. The van der Waals surface area contributed by atoms with Gasteiger partial charge in [-0.2, -0.15) is 0 Å². The van der Waals surface area contributed by atoms with E-state index in [1.807, 2.05) is 47.4 Å². The van der Waals surface area contributed by atoms with Gasteiger partial charge in [0.25, 0.3) is 0 Å². The zero-order chi connectivity index (χ0) is 36.4. The van der Waals surface area contributed by atoms with Gasteiger partial charge in [-0.25, -0.2) is 0 Å².